The third-order valence-electron chi connectivity index (χ3n) is 9.52. The highest BCUT2D eigenvalue weighted by Crippen LogP contribution is 2.45. The minimum Gasteiger partial charge on any atom is -0.309 e. The second-order valence-electron chi connectivity index (χ2n) is 12.0. The van der Waals surface area contributed by atoms with E-state index in [2.05, 4.69) is 172 Å². The quantitative estimate of drug-likeness (QED) is 0.215. The van der Waals surface area contributed by atoms with Gasteiger partial charge < -0.3 is 20.0 Å². The molecule has 7 aromatic carbocycles. The maximum Gasteiger partial charge on any atom is 0.0697 e. The predicted octanol–water partition coefficient (Wildman–Crippen LogP) is 10.6. The predicted molar refractivity (Wildman–Crippen MR) is 194 cm³/mol. The van der Waals surface area contributed by atoms with Crippen LogP contribution in [0.25, 0.3) is 83.0 Å². The summed E-state index contributed by atoms with van der Waals surface area (Å²) in [5, 5.41) is 7.38. The molecule has 3 heterocycles. The second-order valence-corrected chi connectivity index (χ2v) is 12.0. The Bertz CT molecular complexity index is 2680. The smallest absolute Gasteiger partial charge is 0.0697 e. The Morgan fingerprint density at radius 1 is 0.435 bits per heavy atom. The number of aromatic nitrogens is 2. The first-order valence-electron chi connectivity index (χ1n) is 15.7. The van der Waals surface area contributed by atoms with Crippen LogP contribution in [-0.2, 0) is 0 Å². The van der Waals surface area contributed by atoms with E-state index >= 15 is 0 Å². The molecule has 1 aliphatic heterocycles. The van der Waals surface area contributed by atoms with Crippen molar-refractivity contribution >= 4 is 66.1 Å². The zero-order valence-corrected chi connectivity index (χ0v) is 24.9. The Morgan fingerprint density at radius 3 is 1.83 bits per heavy atom. The molecule has 0 radical (unpaired) electrons. The van der Waals surface area contributed by atoms with Gasteiger partial charge in [-0.2, -0.15) is 0 Å². The Kier molecular flexibility index (Phi) is 5.25. The third kappa shape index (κ3) is 3.49. The maximum atomic E-state index is 3.53. The lowest BCUT2D eigenvalue weighted by atomic mass is 9.90. The van der Waals surface area contributed by atoms with Crippen molar-refractivity contribution in [3.8, 4) is 22.5 Å². The molecule has 2 N–H and O–H groups in total. The van der Waals surface area contributed by atoms with Gasteiger partial charge in [-0.1, -0.05) is 84.9 Å². The summed E-state index contributed by atoms with van der Waals surface area (Å²) in [6, 6.07) is 52.7. The van der Waals surface area contributed by atoms with Crippen molar-refractivity contribution in [2.45, 2.75) is 0 Å². The molecule has 46 heavy (non-hydrogen) atoms. The van der Waals surface area contributed by atoms with Gasteiger partial charge in [0.2, 0.25) is 0 Å². The van der Waals surface area contributed by atoms with E-state index < -0.39 is 0 Å². The van der Waals surface area contributed by atoms with Gasteiger partial charge in [-0.15, -0.1) is 0 Å². The molecule has 0 saturated heterocycles. The zero-order valence-electron chi connectivity index (χ0n) is 24.9. The highest BCUT2D eigenvalue weighted by atomic mass is 15.3. The number of para-hydroxylation sites is 4. The van der Waals surface area contributed by atoms with Gasteiger partial charge in [0.05, 0.1) is 27.8 Å². The van der Waals surface area contributed by atoms with Crippen molar-refractivity contribution in [1.82, 2.24) is 14.6 Å². The highest BCUT2D eigenvalue weighted by molar-refractivity contribution is 6.20. The summed E-state index contributed by atoms with van der Waals surface area (Å²) in [4.78, 5) is 0. The van der Waals surface area contributed by atoms with Crippen LogP contribution in [0, 0.1) is 0 Å². The van der Waals surface area contributed by atoms with Crippen LogP contribution in [0.2, 0.25) is 0 Å². The van der Waals surface area contributed by atoms with Gasteiger partial charge in [0, 0.05) is 50.1 Å². The fourth-order valence-corrected chi connectivity index (χ4v) is 7.60. The van der Waals surface area contributed by atoms with Crippen LogP contribution in [0.1, 0.15) is 5.56 Å². The Labute approximate surface area is 265 Å². The van der Waals surface area contributed by atoms with Crippen LogP contribution in [-0.4, -0.2) is 9.13 Å². The Morgan fingerprint density at radius 2 is 1.07 bits per heavy atom. The van der Waals surface area contributed by atoms with Gasteiger partial charge in [0.25, 0.3) is 0 Å². The molecule has 0 unspecified atom stereocenters. The normalized spacial score (nSPS) is 12.6. The fraction of sp³-hybridized carbons (Fsp3) is 0. The second kappa shape index (κ2) is 9.62. The molecule has 0 spiro atoms. The molecule has 2 aromatic heterocycles. The molecule has 1 aliphatic rings. The van der Waals surface area contributed by atoms with Crippen molar-refractivity contribution in [2.24, 2.45) is 0 Å². The van der Waals surface area contributed by atoms with Crippen LogP contribution >= 0.6 is 0 Å². The van der Waals surface area contributed by atoms with Crippen molar-refractivity contribution in [1.29, 1.82) is 0 Å². The molecule has 4 heteroatoms. The molecular weight excluding hydrogens is 560 g/mol. The molecule has 10 rings (SSSR count). The summed E-state index contributed by atoms with van der Waals surface area (Å²) in [6.07, 6.45) is 4.19. The van der Waals surface area contributed by atoms with Gasteiger partial charge in [-0.3, -0.25) is 0 Å². The Hall–Kier alpha value is -6.26. The number of rotatable bonds is 3. The molecule has 0 saturated carbocycles. The highest BCUT2D eigenvalue weighted by Gasteiger charge is 2.22. The lowest BCUT2D eigenvalue weighted by Gasteiger charge is -2.21. The SMILES string of the molecule is C1=Cc2c(-c3cccc4c3c3ccccc3n4-c3ccccc3)cc3cc4c(cc3c2NN1)c1ccccc1n4-c1ccccc1. The average molecular weight is 589 g/mol. The maximum absolute atomic E-state index is 3.53. The summed E-state index contributed by atoms with van der Waals surface area (Å²) in [5.74, 6) is 0. The summed E-state index contributed by atoms with van der Waals surface area (Å²) in [6.45, 7) is 0. The summed E-state index contributed by atoms with van der Waals surface area (Å²) >= 11 is 0. The summed E-state index contributed by atoms with van der Waals surface area (Å²) in [5.41, 5.74) is 18.6. The van der Waals surface area contributed by atoms with Crippen LogP contribution in [0.3, 0.4) is 0 Å². The number of hydrazine groups is 1. The summed E-state index contributed by atoms with van der Waals surface area (Å²) < 4.78 is 4.78. The molecule has 216 valence electrons. The molecule has 4 nitrogen and oxygen atoms in total. The number of nitrogens with one attached hydrogen (secondary N) is 2. The van der Waals surface area contributed by atoms with Gasteiger partial charge in [-0.05, 0) is 83.3 Å². The lowest BCUT2D eigenvalue weighted by molar-refractivity contribution is 1.06. The van der Waals surface area contributed by atoms with E-state index in [9.17, 15) is 0 Å². The van der Waals surface area contributed by atoms with Crippen molar-refractivity contribution in [3.05, 3.63) is 157 Å². The number of hydrogen-bond donors (Lipinski definition) is 2. The molecule has 0 bridgehead atoms. The zero-order chi connectivity index (χ0) is 30.2. The van der Waals surface area contributed by atoms with Crippen molar-refractivity contribution in [3.63, 3.8) is 0 Å². The molecule has 0 atom stereocenters. The van der Waals surface area contributed by atoms with E-state index in [0.29, 0.717) is 0 Å². The molecule has 0 aliphatic carbocycles. The molecule has 0 amide bonds. The fourth-order valence-electron chi connectivity index (χ4n) is 7.60. The van der Waals surface area contributed by atoms with E-state index in [1.165, 1.54) is 71.1 Å². The van der Waals surface area contributed by atoms with Crippen molar-refractivity contribution in [2.75, 3.05) is 5.43 Å². The first kappa shape index (κ1) is 25.1. The topological polar surface area (TPSA) is 33.9 Å². The minimum absolute atomic E-state index is 1.09. The third-order valence-corrected chi connectivity index (χ3v) is 9.52. The van der Waals surface area contributed by atoms with E-state index in [-0.39, 0.29) is 0 Å². The molecule has 9 aromatic rings. The number of fused-ring (bicyclic) bond motifs is 9. The van der Waals surface area contributed by atoms with Crippen LogP contribution < -0.4 is 10.9 Å². The summed E-state index contributed by atoms with van der Waals surface area (Å²) in [7, 11) is 0. The van der Waals surface area contributed by atoms with Crippen LogP contribution in [0.4, 0.5) is 5.69 Å². The van der Waals surface area contributed by atoms with Gasteiger partial charge in [0.15, 0.2) is 0 Å². The van der Waals surface area contributed by atoms with E-state index in [0.717, 1.165) is 17.1 Å². The van der Waals surface area contributed by atoms with E-state index in [4.69, 9.17) is 0 Å². The van der Waals surface area contributed by atoms with E-state index in [1.54, 1.807) is 0 Å². The lowest BCUT2D eigenvalue weighted by Crippen LogP contribution is -2.18. The largest absolute Gasteiger partial charge is 0.309 e. The van der Waals surface area contributed by atoms with E-state index in [1.807, 2.05) is 6.20 Å². The molecular formula is C42H28N4. The number of hydrogen-bond acceptors (Lipinski definition) is 2. The first-order chi connectivity index (χ1) is 22.8. The molecule has 0 fully saturated rings. The first-order valence-corrected chi connectivity index (χ1v) is 15.7. The number of benzene rings is 7. The minimum atomic E-state index is 1.09. The number of nitrogens with zero attached hydrogens (tertiary/aromatic N) is 2. The van der Waals surface area contributed by atoms with Gasteiger partial charge >= 0.3 is 0 Å². The van der Waals surface area contributed by atoms with Crippen LogP contribution in [0.15, 0.2) is 152 Å². The van der Waals surface area contributed by atoms with Crippen LogP contribution in [0.5, 0.6) is 0 Å². The Balaban J connectivity index is 1.32. The average Bonchev–Trinajstić information content (AvgIpc) is 3.64. The van der Waals surface area contributed by atoms with Gasteiger partial charge in [-0.25, -0.2) is 0 Å². The standard InChI is InChI=1S/C42H28N4/c1-3-12-28(13-4-1)45-38-20-10-8-17-33(38)41-31(18-11-21-39(41)45)35-24-27-25-40-36(26-34(27)42-32(35)22-23-43-44-42)30-16-7-9-19-37(30)46(40)29-14-5-2-6-15-29/h1-26,43-44H. The van der Waals surface area contributed by atoms with Gasteiger partial charge in [0.1, 0.15) is 0 Å². The monoisotopic (exact) mass is 588 g/mol. The number of anilines is 1. The van der Waals surface area contributed by atoms with Crippen molar-refractivity contribution < 1.29 is 0 Å².